The van der Waals surface area contributed by atoms with E-state index in [9.17, 15) is 24.5 Å². The van der Waals surface area contributed by atoms with E-state index >= 15 is 0 Å². The molecule has 118 valence electrons. The summed E-state index contributed by atoms with van der Waals surface area (Å²) >= 11 is 0. The number of phosphoric acid groups is 1. The molecule has 5 unspecified atom stereocenters. The highest BCUT2D eigenvalue weighted by atomic mass is 31.2. The number of nitrogens with zero attached hydrogens (tertiary/aromatic N) is 1. The predicted octanol–water partition coefficient (Wildman–Crippen LogP) is -3.66. The molecule has 12 heteroatoms. The predicted molar refractivity (Wildman–Crippen MR) is 63.4 cm³/mol. The van der Waals surface area contributed by atoms with Crippen molar-refractivity contribution in [2.24, 2.45) is 0 Å². The Morgan fingerprint density at radius 3 is 2.76 bits per heavy atom. The van der Waals surface area contributed by atoms with E-state index in [1.807, 2.05) is 0 Å². The molecule has 11 nitrogen and oxygen atoms in total. The van der Waals surface area contributed by atoms with E-state index in [0.29, 0.717) is 0 Å². The first-order valence-electron chi connectivity index (χ1n) is 5.79. The Kier molecular flexibility index (Phi) is 4.44. The van der Waals surface area contributed by atoms with Gasteiger partial charge in [0.25, 0.3) is 7.82 Å². The number of aromatic amines is 1. The fourth-order valence-corrected chi connectivity index (χ4v) is 2.26. The molecule has 0 aromatic carbocycles. The van der Waals surface area contributed by atoms with Crippen LogP contribution in [0.4, 0.5) is 5.82 Å². The van der Waals surface area contributed by atoms with Crippen LogP contribution < -0.4 is 20.9 Å². The van der Waals surface area contributed by atoms with E-state index in [2.05, 4.69) is 9.51 Å². The smallest absolute Gasteiger partial charge is 0.499 e. The van der Waals surface area contributed by atoms with Gasteiger partial charge in [0.2, 0.25) is 6.23 Å². The first-order chi connectivity index (χ1) is 9.69. The lowest BCUT2D eigenvalue weighted by molar-refractivity contribution is -0.779. The van der Waals surface area contributed by atoms with E-state index in [1.165, 1.54) is 12.3 Å². The number of nitrogen functional groups attached to an aromatic ring is 1. The molecule has 6 N–H and O–H groups in total. The fraction of sp³-hybridized carbons (Fsp3) is 0.556. The fourth-order valence-electron chi connectivity index (χ4n) is 1.92. The molecule has 0 radical (unpaired) electrons. The van der Waals surface area contributed by atoms with Crippen LogP contribution in [0.25, 0.3) is 0 Å². The van der Waals surface area contributed by atoms with Crippen LogP contribution in [0.15, 0.2) is 17.1 Å². The van der Waals surface area contributed by atoms with Crippen LogP contribution >= 0.6 is 7.82 Å². The summed E-state index contributed by atoms with van der Waals surface area (Å²) in [5.74, 6) is 0.0942. The molecule has 0 aliphatic carbocycles. The first kappa shape index (κ1) is 16.0. The third kappa shape index (κ3) is 3.66. The van der Waals surface area contributed by atoms with E-state index in [4.69, 9.17) is 15.4 Å². The summed E-state index contributed by atoms with van der Waals surface area (Å²) in [6, 6.07) is 1.34. The molecule has 1 aromatic heterocycles. The van der Waals surface area contributed by atoms with E-state index in [0.717, 1.165) is 4.57 Å². The number of nitrogens with one attached hydrogen (secondary N) is 1. The number of nitrogens with two attached hydrogens (primary N) is 1. The molecule has 1 aromatic rings. The Morgan fingerprint density at radius 1 is 1.52 bits per heavy atom. The molecule has 0 amide bonds. The van der Waals surface area contributed by atoms with Crippen LogP contribution in [-0.4, -0.2) is 45.0 Å². The third-order valence-electron chi connectivity index (χ3n) is 2.91. The highest BCUT2D eigenvalue weighted by Crippen LogP contribution is 2.33. The van der Waals surface area contributed by atoms with Crippen LogP contribution in [-0.2, 0) is 13.8 Å². The van der Waals surface area contributed by atoms with Gasteiger partial charge < -0.3 is 35.0 Å². The van der Waals surface area contributed by atoms with Gasteiger partial charge in [0.1, 0.15) is 24.5 Å². The number of hydrogen-bond donors (Lipinski definition) is 5. The topological polar surface area (TPSA) is 182 Å². The molecule has 5 atom stereocenters. The summed E-state index contributed by atoms with van der Waals surface area (Å²) < 4.78 is 20.8. The Bertz CT molecular complexity index is 615. The van der Waals surface area contributed by atoms with Crippen LogP contribution in [0.2, 0.25) is 0 Å². The van der Waals surface area contributed by atoms with Gasteiger partial charge in [-0.2, -0.15) is 14.3 Å². The summed E-state index contributed by atoms with van der Waals surface area (Å²) in [5, 5.41) is 19.6. The van der Waals surface area contributed by atoms with Crippen LogP contribution in [0, 0.1) is 0 Å². The maximum Gasteiger partial charge on any atom is 0.499 e. The lowest BCUT2D eigenvalue weighted by Gasteiger charge is -2.19. The first-order valence-corrected chi connectivity index (χ1v) is 7.28. The van der Waals surface area contributed by atoms with Gasteiger partial charge in [-0.15, -0.1) is 0 Å². The highest BCUT2D eigenvalue weighted by molar-refractivity contribution is 7.44. The molecule has 2 heterocycles. The number of phosphoric ester groups is 1. The number of H-pyrrole nitrogens is 1. The molecular formula is C9H14N3O8P. The number of aliphatic hydroxyl groups excluding tert-OH is 2. The van der Waals surface area contributed by atoms with E-state index < -0.39 is 44.7 Å². The molecule has 21 heavy (non-hydrogen) atoms. The van der Waals surface area contributed by atoms with Crippen molar-refractivity contribution < 1.29 is 38.4 Å². The molecule has 1 aliphatic rings. The molecule has 0 spiro atoms. The Morgan fingerprint density at radius 2 is 2.19 bits per heavy atom. The van der Waals surface area contributed by atoms with Crippen LogP contribution in [0.5, 0.6) is 0 Å². The second kappa shape index (κ2) is 5.81. The lowest BCUT2D eigenvalue weighted by Crippen LogP contribution is -2.58. The highest BCUT2D eigenvalue weighted by Gasteiger charge is 2.47. The minimum atomic E-state index is -4.99. The minimum absolute atomic E-state index is 0.0942. The Balaban J connectivity index is 2.16. The monoisotopic (exact) mass is 323 g/mol. The summed E-state index contributed by atoms with van der Waals surface area (Å²) in [6.45, 7) is -0.709. The number of ether oxygens (including phenoxy) is 1. The van der Waals surface area contributed by atoms with Gasteiger partial charge >= 0.3 is 5.69 Å². The molecule has 1 saturated heterocycles. The van der Waals surface area contributed by atoms with E-state index in [1.54, 1.807) is 0 Å². The van der Waals surface area contributed by atoms with Crippen LogP contribution in [0.3, 0.4) is 0 Å². The van der Waals surface area contributed by atoms with Gasteiger partial charge in [0.15, 0.2) is 5.82 Å². The van der Waals surface area contributed by atoms with Gasteiger partial charge in [-0.25, -0.2) is 0 Å². The van der Waals surface area contributed by atoms with Gasteiger partial charge in [-0.3, -0.25) is 4.57 Å². The van der Waals surface area contributed by atoms with Crippen molar-refractivity contribution >= 4 is 13.6 Å². The molecule has 2 rings (SSSR count). The number of aliphatic hydroxyl groups is 2. The zero-order valence-corrected chi connectivity index (χ0v) is 11.4. The van der Waals surface area contributed by atoms with E-state index in [-0.39, 0.29) is 5.82 Å². The Labute approximate surface area is 117 Å². The summed E-state index contributed by atoms with van der Waals surface area (Å²) in [4.78, 5) is 33.0. The summed E-state index contributed by atoms with van der Waals surface area (Å²) in [6.07, 6.45) is -4.28. The third-order valence-corrected chi connectivity index (χ3v) is 3.39. The van der Waals surface area contributed by atoms with Gasteiger partial charge in [-0.05, 0) is 0 Å². The molecule has 1 aliphatic heterocycles. The average molecular weight is 323 g/mol. The Hall–Kier alpha value is -1.33. The zero-order chi connectivity index (χ0) is 15.8. The molecule has 0 saturated carbocycles. The quantitative estimate of drug-likeness (QED) is 0.275. The van der Waals surface area contributed by atoms with Gasteiger partial charge in [0.05, 0.1) is 6.61 Å². The van der Waals surface area contributed by atoms with Gasteiger partial charge in [-0.1, -0.05) is 0 Å². The zero-order valence-electron chi connectivity index (χ0n) is 10.5. The average Bonchev–Trinajstić information content (AvgIpc) is 2.64. The van der Waals surface area contributed by atoms with Crippen molar-refractivity contribution in [1.29, 1.82) is 0 Å². The lowest BCUT2D eigenvalue weighted by atomic mass is 10.1. The number of rotatable bonds is 4. The SMILES string of the molecule is Nc1cc[n+](C2OC(COP(=O)([O-])O)C(O)C2O)c(=O)[nH]1. The van der Waals surface area contributed by atoms with Crippen molar-refractivity contribution in [2.45, 2.75) is 24.5 Å². The second-order valence-corrected chi connectivity index (χ2v) is 5.61. The molecule has 1 fully saturated rings. The van der Waals surface area contributed by atoms with Crippen molar-refractivity contribution in [3.8, 4) is 0 Å². The van der Waals surface area contributed by atoms with Gasteiger partial charge in [0, 0.05) is 6.07 Å². The number of anilines is 1. The largest absolute Gasteiger partial charge is 0.756 e. The van der Waals surface area contributed by atoms with Crippen molar-refractivity contribution in [3.05, 3.63) is 22.7 Å². The van der Waals surface area contributed by atoms with Crippen molar-refractivity contribution in [1.82, 2.24) is 4.98 Å². The molecular weight excluding hydrogens is 309 g/mol. The van der Waals surface area contributed by atoms with Crippen molar-refractivity contribution in [3.63, 3.8) is 0 Å². The molecule has 0 bridgehead atoms. The van der Waals surface area contributed by atoms with Crippen molar-refractivity contribution in [2.75, 3.05) is 12.3 Å². The normalized spacial score (nSPS) is 32.0. The second-order valence-electron chi connectivity index (χ2n) is 4.42. The summed E-state index contributed by atoms with van der Waals surface area (Å²) in [5.41, 5.74) is 4.69. The number of aromatic nitrogens is 2. The summed E-state index contributed by atoms with van der Waals surface area (Å²) in [7, 11) is -4.99. The number of hydrogen-bond acceptors (Lipinski definition) is 8. The maximum absolute atomic E-state index is 11.7. The maximum atomic E-state index is 11.7. The minimum Gasteiger partial charge on any atom is -0.756 e. The standard InChI is InChI=1S/C9H14N3O8P/c10-5-1-2-12(9(15)11-5)8-7(14)6(13)4(20-8)3-19-21(16,17)18/h1-2,4,6-8,13-14H,3H2,(H4,10,11,15,16,17,18). The van der Waals surface area contributed by atoms with Crippen LogP contribution in [0.1, 0.15) is 6.23 Å².